The second kappa shape index (κ2) is 13.5. The van der Waals surface area contributed by atoms with Crippen LogP contribution in [-0.4, -0.2) is 63.5 Å². The topological polar surface area (TPSA) is 87.9 Å². The van der Waals surface area contributed by atoms with Gasteiger partial charge in [0.2, 0.25) is 5.75 Å². The lowest BCUT2D eigenvalue weighted by molar-refractivity contribution is 0.0828. The van der Waals surface area contributed by atoms with E-state index in [4.69, 9.17) is 23.9 Å². The molecule has 0 bridgehead atoms. The molecule has 0 unspecified atom stereocenters. The summed E-state index contributed by atoms with van der Waals surface area (Å²) >= 11 is 0. The Morgan fingerprint density at radius 1 is 0.844 bits per heavy atom. The van der Waals surface area contributed by atoms with Gasteiger partial charge in [0.15, 0.2) is 11.5 Å². The molecule has 9 nitrogen and oxygen atoms in total. The molecule has 2 aromatic carbocycles. The Morgan fingerprint density at radius 3 is 2.20 bits per heavy atom. The van der Waals surface area contributed by atoms with Crippen LogP contribution in [0.2, 0.25) is 25.7 Å². The van der Waals surface area contributed by atoms with E-state index in [0.717, 1.165) is 34.1 Å². The number of pyridine rings is 2. The van der Waals surface area contributed by atoms with E-state index in [9.17, 15) is 4.79 Å². The van der Waals surface area contributed by atoms with Crippen molar-refractivity contribution in [1.29, 1.82) is 0 Å². The summed E-state index contributed by atoms with van der Waals surface area (Å²) in [5, 5.41) is 0. The van der Waals surface area contributed by atoms with Gasteiger partial charge < -0.3 is 28.4 Å². The molecule has 0 aliphatic carbocycles. The first-order chi connectivity index (χ1) is 21.6. The fraction of sp³-hybridized carbons (Fsp3) is 0.286. The van der Waals surface area contributed by atoms with Gasteiger partial charge in [-0.25, -0.2) is 4.98 Å². The Balaban J connectivity index is 1.54. The molecule has 0 fully saturated rings. The SMILES string of the molecule is COc1cc(N(C)C(=O)c2cc3nc(-c4ccnc(-c5ccccc5)c4)ccc3n2COCC[Si](C)(C)C)cc(OC)c1OC. The molecule has 0 aliphatic heterocycles. The van der Waals surface area contributed by atoms with Crippen LogP contribution in [-0.2, 0) is 11.5 Å². The highest BCUT2D eigenvalue weighted by atomic mass is 28.3. The van der Waals surface area contributed by atoms with Crippen molar-refractivity contribution in [3.05, 3.63) is 84.7 Å². The molecule has 0 aliphatic rings. The molecule has 10 heteroatoms. The molecule has 1 amide bonds. The lowest BCUT2D eigenvalue weighted by Gasteiger charge is -2.22. The summed E-state index contributed by atoms with van der Waals surface area (Å²) < 4.78 is 24.6. The standard InChI is InChI=1S/C35H40N4O5Si/c1-38(26-20-32(41-2)34(43-4)33(21-26)42-3)35(40)31-22-29-30(39(31)23-44-17-18-45(5,6)7)14-13-27(37-29)25-15-16-36-28(19-25)24-11-9-8-10-12-24/h8-16,19-22H,17-18,23H2,1-7H3. The summed E-state index contributed by atoms with van der Waals surface area (Å²) in [5.41, 5.74) is 6.18. The van der Waals surface area contributed by atoms with Crippen molar-refractivity contribution >= 4 is 30.7 Å². The average Bonchev–Trinajstić information content (AvgIpc) is 3.42. The van der Waals surface area contributed by atoms with Gasteiger partial charge in [0.1, 0.15) is 12.4 Å². The van der Waals surface area contributed by atoms with Crippen LogP contribution in [0.5, 0.6) is 17.2 Å². The van der Waals surface area contributed by atoms with E-state index in [1.807, 2.05) is 65.2 Å². The number of hydrogen-bond acceptors (Lipinski definition) is 7. The number of carbonyl (C=O) groups excluding carboxylic acids is 1. The van der Waals surface area contributed by atoms with Gasteiger partial charge >= 0.3 is 0 Å². The summed E-state index contributed by atoms with van der Waals surface area (Å²) in [6.45, 7) is 7.80. The second-order valence-corrected chi connectivity index (χ2v) is 17.6. The van der Waals surface area contributed by atoms with Gasteiger partial charge in [0, 0.05) is 51.2 Å². The number of carbonyl (C=O) groups is 1. The Kier molecular flexibility index (Phi) is 9.55. The van der Waals surface area contributed by atoms with Crippen molar-refractivity contribution in [2.75, 3.05) is 39.9 Å². The van der Waals surface area contributed by atoms with Gasteiger partial charge in [-0.05, 0) is 36.4 Å². The van der Waals surface area contributed by atoms with Crippen LogP contribution in [0.4, 0.5) is 5.69 Å². The zero-order valence-corrected chi connectivity index (χ0v) is 28.0. The number of anilines is 1. The van der Waals surface area contributed by atoms with Gasteiger partial charge in [0.25, 0.3) is 5.91 Å². The zero-order valence-electron chi connectivity index (χ0n) is 27.0. The predicted molar refractivity (Wildman–Crippen MR) is 181 cm³/mol. The maximum absolute atomic E-state index is 14.1. The molecule has 0 atom stereocenters. The van der Waals surface area contributed by atoms with Crippen molar-refractivity contribution in [2.45, 2.75) is 32.4 Å². The van der Waals surface area contributed by atoms with Crippen molar-refractivity contribution in [3.63, 3.8) is 0 Å². The molecular weight excluding hydrogens is 584 g/mol. The van der Waals surface area contributed by atoms with E-state index < -0.39 is 8.07 Å². The Morgan fingerprint density at radius 2 is 1.56 bits per heavy atom. The summed E-state index contributed by atoms with van der Waals surface area (Å²) in [4.78, 5) is 25.3. The van der Waals surface area contributed by atoms with Gasteiger partial charge in [-0.3, -0.25) is 9.78 Å². The minimum atomic E-state index is -1.29. The summed E-state index contributed by atoms with van der Waals surface area (Å²) in [6, 6.07) is 24.4. The van der Waals surface area contributed by atoms with Gasteiger partial charge in [-0.1, -0.05) is 50.0 Å². The highest BCUT2D eigenvalue weighted by Crippen LogP contribution is 2.41. The zero-order chi connectivity index (χ0) is 32.1. The van der Waals surface area contributed by atoms with Crippen LogP contribution in [0.15, 0.2) is 79.0 Å². The first kappa shape index (κ1) is 31.7. The number of ether oxygens (including phenoxy) is 4. The van der Waals surface area contributed by atoms with Crippen LogP contribution in [0.25, 0.3) is 33.5 Å². The molecule has 5 aromatic rings. The molecule has 45 heavy (non-hydrogen) atoms. The van der Waals surface area contributed by atoms with E-state index in [1.54, 1.807) is 51.6 Å². The maximum atomic E-state index is 14.1. The smallest absolute Gasteiger partial charge is 0.274 e. The molecule has 0 saturated carbocycles. The van der Waals surface area contributed by atoms with E-state index >= 15 is 0 Å². The van der Waals surface area contributed by atoms with Crippen LogP contribution in [0.3, 0.4) is 0 Å². The second-order valence-electron chi connectivity index (χ2n) is 11.9. The van der Waals surface area contributed by atoms with Crippen LogP contribution < -0.4 is 19.1 Å². The summed E-state index contributed by atoms with van der Waals surface area (Å²) in [6.07, 6.45) is 1.79. The minimum absolute atomic E-state index is 0.229. The third-order valence-electron chi connectivity index (χ3n) is 7.66. The van der Waals surface area contributed by atoms with Crippen molar-refractivity contribution in [3.8, 4) is 39.8 Å². The fourth-order valence-electron chi connectivity index (χ4n) is 5.06. The predicted octanol–water partition coefficient (Wildman–Crippen LogP) is 7.38. The van der Waals surface area contributed by atoms with Crippen molar-refractivity contribution in [2.24, 2.45) is 0 Å². The largest absolute Gasteiger partial charge is 0.493 e. The number of amides is 1. The van der Waals surface area contributed by atoms with Gasteiger partial charge in [-0.2, -0.15) is 0 Å². The lowest BCUT2D eigenvalue weighted by atomic mass is 10.1. The first-order valence-corrected chi connectivity index (χ1v) is 18.5. The van der Waals surface area contributed by atoms with E-state index in [0.29, 0.717) is 40.8 Å². The van der Waals surface area contributed by atoms with Crippen molar-refractivity contribution < 1.29 is 23.7 Å². The number of rotatable bonds is 12. The molecule has 3 aromatic heterocycles. The fourth-order valence-corrected chi connectivity index (χ4v) is 5.81. The number of aromatic nitrogens is 3. The molecule has 0 spiro atoms. The average molecular weight is 625 g/mol. The van der Waals surface area contributed by atoms with E-state index in [-0.39, 0.29) is 12.6 Å². The molecule has 3 heterocycles. The number of hydrogen-bond donors (Lipinski definition) is 0. The third kappa shape index (κ3) is 7.02. The number of fused-ring (bicyclic) bond motifs is 1. The van der Waals surface area contributed by atoms with Gasteiger partial charge in [-0.15, -0.1) is 0 Å². The summed E-state index contributed by atoms with van der Waals surface area (Å²) in [5.74, 6) is 1.14. The lowest BCUT2D eigenvalue weighted by Crippen LogP contribution is -2.29. The maximum Gasteiger partial charge on any atom is 0.274 e. The van der Waals surface area contributed by atoms with Crippen molar-refractivity contribution in [1.82, 2.24) is 14.5 Å². The first-order valence-electron chi connectivity index (χ1n) is 14.8. The molecule has 234 valence electrons. The number of methoxy groups -OCH3 is 3. The Labute approximate surface area is 265 Å². The summed E-state index contributed by atoms with van der Waals surface area (Å²) in [7, 11) is 5.07. The monoisotopic (exact) mass is 624 g/mol. The molecular formula is C35H40N4O5Si. The quantitative estimate of drug-likeness (QED) is 0.106. The molecule has 5 rings (SSSR count). The Hall–Kier alpha value is -4.67. The number of benzene rings is 2. The minimum Gasteiger partial charge on any atom is -0.493 e. The van der Waals surface area contributed by atoms with Crippen LogP contribution in [0, 0.1) is 0 Å². The van der Waals surface area contributed by atoms with E-state index in [1.165, 1.54) is 0 Å². The Bertz CT molecular complexity index is 1770. The van der Waals surface area contributed by atoms with Crippen LogP contribution >= 0.6 is 0 Å². The highest BCUT2D eigenvalue weighted by molar-refractivity contribution is 6.76. The molecule has 0 N–H and O–H groups in total. The van der Waals surface area contributed by atoms with Crippen LogP contribution in [0.1, 0.15) is 10.5 Å². The van der Waals surface area contributed by atoms with Gasteiger partial charge in [0.05, 0.1) is 49.4 Å². The number of nitrogens with zero attached hydrogens (tertiary/aromatic N) is 4. The molecule has 0 saturated heterocycles. The highest BCUT2D eigenvalue weighted by Gasteiger charge is 2.24. The van der Waals surface area contributed by atoms with E-state index in [2.05, 4.69) is 24.6 Å². The third-order valence-corrected chi connectivity index (χ3v) is 9.36. The molecule has 0 radical (unpaired) electrons. The normalized spacial score (nSPS) is 11.4.